The van der Waals surface area contributed by atoms with Crippen LogP contribution in [-0.4, -0.2) is 56.5 Å². The molecule has 1 aromatic carbocycles. The number of fused-ring (bicyclic) bond motifs is 5. The largest absolute Gasteiger partial charge is 0.481 e. The van der Waals surface area contributed by atoms with Crippen LogP contribution in [0.3, 0.4) is 0 Å². The van der Waals surface area contributed by atoms with Crippen molar-refractivity contribution in [2.24, 2.45) is 22.9 Å². The van der Waals surface area contributed by atoms with E-state index in [1.165, 1.54) is 58.5 Å². The summed E-state index contributed by atoms with van der Waals surface area (Å²) < 4.78 is 1.96. The molecule has 2 aliphatic heterocycles. The van der Waals surface area contributed by atoms with E-state index in [4.69, 9.17) is 4.84 Å². The predicted octanol–water partition coefficient (Wildman–Crippen LogP) is 5.38. The van der Waals surface area contributed by atoms with Gasteiger partial charge in [-0.15, -0.1) is 0 Å². The van der Waals surface area contributed by atoms with Gasteiger partial charge in [0.25, 0.3) is 5.56 Å². The van der Waals surface area contributed by atoms with Crippen LogP contribution in [0.15, 0.2) is 34.2 Å². The van der Waals surface area contributed by atoms with Crippen molar-refractivity contribution in [1.29, 1.82) is 0 Å². The van der Waals surface area contributed by atoms with Gasteiger partial charge in [-0.25, -0.2) is 4.98 Å². The molecular formula is C31H42N4O4. The molecular weight excluding hydrogens is 492 g/mol. The van der Waals surface area contributed by atoms with Crippen LogP contribution < -0.4 is 5.56 Å². The van der Waals surface area contributed by atoms with Gasteiger partial charge in [0.2, 0.25) is 0 Å². The van der Waals surface area contributed by atoms with Crippen LogP contribution in [0.4, 0.5) is 0 Å². The molecule has 1 aromatic heterocycles. The Hall–Kier alpha value is -2.74. The summed E-state index contributed by atoms with van der Waals surface area (Å²) in [5.74, 6) is 1.70. The third-order valence-electron chi connectivity index (χ3n) is 9.99. The fourth-order valence-electron chi connectivity index (χ4n) is 8.84. The number of aliphatic carboxylic acids is 1. The number of nitrogens with zero attached hydrogens (tertiary/aromatic N) is 4. The molecule has 39 heavy (non-hydrogen) atoms. The van der Waals surface area contributed by atoms with Gasteiger partial charge in [-0.1, -0.05) is 30.6 Å². The summed E-state index contributed by atoms with van der Waals surface area (Å²) >= 11 is 0. The Labute approximate surface area is 230 Å². The number of hydrogen-bond acceptors (Lipinski definition) is 6. The number of hydrogen-bond donors (Lipinski definition) is 1. The highest BCUT2D eigenvalue weighted by atomic mass is 16.6. The van der Waals surface area contributed by atoms with Crippen LogP contribution in [0.5, 0.6) is 0 Å². The second kappa shape index (κ2) is 11.0. The van der Waals surface area contributed by atoms with E-state index in [0.29, 0.717) is 23.8 Å². The summed E-state index contributed by atoms with van der Waals surface area (Å²) in [6, 6.07) is 9.59. The highest BCUT2D eigenvalue weighted by molar-refractivity contribution is 6.00. The molecule has 6 rings (SSSR count). The van der Waals surface area contributed by atoms with E-state index in [1.807, 2.05) is 28.8 Å². The first-order valence-electron chi connectivity index (χ1n) is 15.0. The molecule has 8 heteroatoms. The molecule has 210 valence electrons. The summed E-state index contributed by atoms with van der Waals surface area (Å²) in [6.07, 6.45) is 12.5. The second-order valence-corrected chi connectivity index (χ2v) is 12.7. The maximum absolute atomic E-state index is 14.1. The van der Waals surface area contributed by atoms with Crippen LogP contribution in [0.25, 0.3) is 11.0 Å². The molecule has 4 aliphatic rings. The molecule has 2 saturated carbocycles. The Bertz CT molecular complexity index is 1270. The fraction of sp³-hybridized carbons (Fsp3) is 0.677. The van der Waals surface area contributed by atoms with Gasteiger partial charge in [0.15, 0.2) is 5.69 Å². The molecule has 5 atom stereocenters. The minimum atomic E-state index is -0.943. The number of rotatable bonds is 7. The number of para-hydroxylation sites is 2. The van der Waals surface area contributed by atoms with Crippen molar-refractivity contribution in [3.05, 3.63) is 40.3 Å². The lowest BCUT2D eigenvalue weighted by molar-refractivity contribution is -0.136. The van der Waals surface area contributed by atoms with Gasteiger partial charge in [-0.2, -0.15) is 0 Å². The monoisotopic (exact) mass is 534 g/mol. The number of benzene rings is 1. The predicted molar refractivity (Wildman–Crippen MR) is 151 cm³/mol. The van der Waals surface area contributed by atoms with Crippen LogP contribution in [-0.2, 0) is 9.63 Å². The lowest BCUT2D eigenvalue weighted by Gasteiger charge is -2.55. The van der Waals surface area contributed by atoms with Gasteiger partial charge < -0.3 is 14.5 Å². The molecule has 8 nitrogen and oxygen atoms in total. The first kappa shape index (κ1) is 26.5. The van der Waals surface area contributed by atoms with E-state index >= 15 is 0 Å². The topological polar surface area (TPSA) is 97.0 Å². The molecule has 4 fully saturated rings. The van der Waals surface area contributed by atoms with Crippen molar-refractivity contribution < 1.29 is 14.7 Å². The molecule has 0 amide bonds. The van der Waals surface area contributed by atoms with Crippen molar-refractivity contribution in [1.82, 2.24) is 14.5 Å². The van der Waals surface area contributed by atoms with Crippen molar-refractivity contribution in [2.45, 2.75) is 108 Å². The lowest BCUT2D eigenvalue weighted by atomic mass is 9.65. The maximum atomic E-state index is 14.1. The van der Waals surface area contributed by atoms with Crippen molar-refractivity contribution in [3.63, 3.8) is 0 Å². The SMILES string of the molecule is CO/N=C(\CCC(=O)O)c1nc2ccccc2n([C@H]2C[C@H]3CCC[C@@H](C2)N3C2CC3CC(C)CC(C3)C2)c1=O. The molecule has 2 saturated heterocycles. The zero-order valence-corrected chi connectivity index (χ0v) is 23.3. The molecule has 2 aromatic rings. The molecule has 3 heterocycles. The quantitative estimate of drug-likeness (QED) is 0.378. The second-order valence-electron chi connectivity index (χ2n) is 12.7. The smallest absolute Gasteiger partial charge is 0.303 e. The number of aromatic nitrogens is 2. The minimum Gasteiger partial charge on any atom is -0.481 e. The Morgan fingerprint density at radius 1 is 0.974 bits per heavy atom. The number of carboxylic acid groups (broad SMARTS) is 1. The molecule has 0 spiro atoms. The van der Waals surface area contributed by atoms with Gasteiger partial charge >= 0.3 is 5.97 Å². The van der Waals surface area contributed by atoms with Crippen molar-refractivity contribution in [3.8, 4) is 0 Å². The maximum Gasteiger partial charge on any atom is 0.303 e. The van der Waals surface area contributed by atoms with Gasteiger partial charge in [-0.3, -0.25) is 14.5 Å². The standard InChI is InChI=1S/C31H42N4O4/c1-19-12-20-14-21(13-19)16-24(15-20)34-22-6-5-7-23(34)18-25(17-22)35-28-9-4-3-8-26(28)32-30(31(35)38)27(33-39-2)10-11-29(36)37/h3-4,8-9,19-25H,5-7,10-18H2,1-2H3,(H,36,37)/b33-27+/t19?,20?,21?,22-,23+,24?,25+. The van der Waals surface area contributed by atoms with E-state index in [0.717, 1.165) is 41.6 Å². The summed E-state index contributed by atoms with van der Waals surface area (Å²) in [7, 11) is 1.41. The summed E-state index contributed by atoms with van der Waals surface area (Å²) in [6.45, 7) is 2.44. The van der Waals surface area contributed by atoms with Gasteiger partial charge in [0, 0.05) is 30.6 Å². The average molecular weight is 535 g/mol. The van der Waals surface area contributed by atoms with Gasteiger partial charge in [0.05, 0.1) is 17.5 Å². The normalized spacial score (nSPS) is 33.2. The number of piperidine rings is 2. The number of oxime groups is 1. The van der Waals surface area contributed by atoms with Crippen molar-refractivity contribution in [2.75, 3.05) is 7.11 Å². The van der Waals surface area contributed by atoms with E-state index in [9.17, 15) is 14.7 Å². The van der Waals surface area contributed by atoms with Gasteiger partial charge in [-0.05, 0) is 87.7 Å². The summed E-state index contributed by atoms with van der Waals surface area (Å²) in [5.41, 5.74) is 1.89. The number of carbonyl (C=O) groups is 1. The molecule has 4 bridgehead atoms. The Kier molecular flexibility index (Phi) is 7.49. The van der Waals surface area contributed by atoms with Crippen LogP contribution >= 0.6 is 0 Å². The minimum absolute atomic E-state index is 0.0853. The van der Waals surface area contributed by atoms with Crippen LogP contribution in [0.2, 0.25) is 0 Å². The molecule has 2 unspecified atom stereocenters. The molecule has 2 aliphatic carbocycles. The highest BCUT2D eigenvalue weighted by Crippen LogP contribution is 2.48. The van der Waals surface area contributed by atoms with Crippen molar-refractivity contribution >= 4 is 22.7 Å². The van der Waals surface area contributed by atoms with E-state index in [2.05, 4.69) is 22.0 Å². The highest BCUT2D eigenvalue weighted by Gasteiger charge is 2.46. The number of carboxylic acids is 1. The van der Waals surface area contributed by atoms with Gasteiger partial charge in [0.1, 0.15) is 12.8 Å². The summed E-state index contributed by atoms with van der Waals surface area (Å²) in [4.78, 5) is 38.0. The first-order valence-corrected chi connectivity index (χ1v) is 15.0. The Balaban J connectivity index is 1.33. The average Bonchev–Trinajstić information content (AvgIpc) is 2.89. The van der Waals surface area contributed by atoms with E-state index in [1.54, 1.807) is 0 Å². The lowest BCUT2D eigenvalue weighted by Crippen LogP contribution is -2.59. The fourth-order valence-corrected chi connectivity index (χ4v) is 8.84. The third kappa shape index (κ3) is 5.24. The zero-order valence-electron chi connectivity index (χ0n) is 23.3. The zero-order chi connectivity index (χ0) is 27.1. The van der Waals surface area contributed by atoms with Crippen LogP contribution in [0.1, 0.15) is 95.7 Å². The summed E-state index contributed by atoms with van der Waals surface area (Å²) in [5, 5.41) is 13.3. The Morgan fingerprint density at radius 3 is 2.33 bits per heavy atom. The van der Waals surface area contributed by atoms with Crippen LogP contribution in [0, 0.1) is 17.8 Å². The van der Waals surface area contributed by atoms with E-state index < -0.39 is 5.97 Å². The molecule has 0 radical (unpaired) electrons. The van der Waals surface area contributed by atoms with E-state index in [-0.39, 0.29) is 30.1 Å². The third-order valence-corrected chi connectivity index (χ3v) is 9.99. The Morgan fingerprint density at radius 2 is 1.67 bits per heavy atom. The first-order chi connectivity index (χ1) is 18.9. The molecule has 1 N–H and O–H groups in total.